The van der Waals surface area contributed by atoms with E-state index < -0.39 is 0 Å². The van der Waals surface area contributed by atoms with Crippen molar-refractivity contribution in [2.75, 3.05) is 12.4 Å². The SMILES string of the molecule is CCCC[C@@H](CC)C(=O)Nc1c(-c2ccccc2OC)nc2cc(C)ccn12. The molecular formula is C23H29N3O2. The number of aryl methyl sites for hydroxylation is 1. The predicted molar refractivity (Wildman–Crippen MR) is 114 cm³/mol. The van der Waals surface area contributed by atoms with E-state index >= 15 is 0 Å². The minimum Gasteiger partial charge on any atom is -0.496 e. The average molecular weight is 380 g/mol. The zero-order valence-electron chi connectivity index (χ0n) is 17.2. The number of hydrogen-bond donors (Lipinski definition) is 1. The summed E-state index contributed by atoms with van der Waals surface area (Å²) in [5, 5.41) is 3.17. The number of pyridine rings is 1. The van der Waals surface area contributed by atoms with Crippen LogP contribution in [0.1, 0.15) is 45.1 Å². The number of para-hydroxylation sites is 1. The van der Waals surface area contributed by atoms with Gasteiger partial charge in [0, 0.05) is 17.7 Å². The third kappa shape index (κ3) is 4.03. The number of fused-ring (bicyclic) bond motifs is 1. The molecule has 0 saturated carbocycles. The smallest absolute Gasteiger partial charge is 0.228 e. The van der Waals surface area contributed by atoms with Crippen LogP contribution in [0, 0.1) is 12.8 Å². The first kappa shape index (κ1) is 19.9. The fraction of sp³-hybridized carbons (Fsp3) is 0.391. The molecule has 0 radical (unpaired) electrons. The molecule has 0 spiro atoms. The molecule has 0 fully saturated rings. The molecule has 0 aliphatic carbocycles. The van der Waals surface area contributed by atoms with Gasteiger partial charge in [0.25, 0.3) is 0 Å². The van der Waals surface area contributed by atoms with Crippen LogP contribution < -0.4 is 10.1 Å². The highest BCUT2D eigenvalue weighted by atomic mass is 16.5. The number of aromatic nitrogens is 2. The summed E-state index contributed by atoms with van der Waals surface area (Å²) in [6, 6.07) is 11.8. The molecule has 0 unspecified atom stereocenters. The first-order valence-electron chi connectivity index (χ1n) is 10.0. The summed E-state index contributed by atoms with van der Waals surface area (Å²) in [5.41, 5.74) is 3.51. The van der Waals surface area contributed by atoms with E-state index in [4.69, 9.17) is 9.72 Å². The predicted octanol–water partition coefficient (Wildman–Crippen LogP) is 5.47. The number of unbranched alkanes of at least 4 members (excludes halogenated alkanes) is 1. The maximum atomic E-state index is 13.0. The van der Waals surface area contributed by atoms with E-state index in [2.05, 4.69) is 19.2 Å². The van der Waals surface area contributed by atoms with Crippen molar-refractivity contribution >= 4 is 17.4 Å². The number of rotatable bonds is 8. The van der Waals surface area contributed by atoms with E-state index in [0.29, 0.717) is 5.82 Å². The van der Waals surface area contributed by atoms with Crippen LogP contribution in [0.2, 0.25) is 0 Å². The number of carbonyl (C=O) groups is 1. The van der Waals surface area contributed by atoms with Crippen molar-refractivity contribution in [2.45, 2.75) is 46.5 Å². The minimum atomic E-state index is 0.00136. The van der Waals surface area contributed by atoms with Crippen LogP contribution in [0.15, 0.2) is 42.6 Å². The van der Waals surface area contributed by atoms with Gasteiger partial charge in [-0.25, -0.2) is 4.98 Å². The molecule has 3 aromatic rings. The van der Waals surface area contributed by atoms with E-state index in [9.17, 15) is 4.79 Å². The molecule has 2 aromatic heterocycles. The highest BCUT2D eigenvalue weighted by Crippen LogP contribution is 2.35. The third-order valence-corrected chi connectivity index (χ3v) is 5.16. The number of hydrogen-bond acceptors (Lipinski definition) is 3. The third-order valence-electron chi connectivity index (χ3n) is 5.16. The lowest BCUT2D eigenvalue weighted by Crippen LogP contribution is -2.23. The van der Waals surface area contributed by atoms with Crippen molar-refractivity contribution in [1.82, 2.24) is 9.38 Å². The van der Waals surface area contributed by atoms with E-state index in [0.717, 1.165) is 53.9 Å². The molecular weight excluding hydrogens is 350 g/mol. The second-order valence-electron chi connectivity index (χ2n) is 7.18. The summed E-state index contributed by atoms with van der Waals surface area (Å²) in [7, 11) is 1.65. The number of amides is 1. The summed E-state index contributed by atoms with van der Waals surface area (Å²) in [4.78, 5) is 17.8. The monoisotopic (exact) mass is 379 g/mol. The summed E-state index contributed by atoms with van der Waals surface area (Å²) in [5.74, 6) is 1.48. The Morgan fingerprint density at radius 2 is 2.04 bits per heavy atom. The number of imidazole rings is 1. The summed E-state index contributed by atoms with van der Waals surface area (Å²) in [6.45, 7) is 6.25. The highest BCUT2D eigenvalue weighted by molar-refractivity contribution is 5.96. The van der Waals surface area contributed by atoms with Crippen molar-refractivity contribution in [1.29, 1.82) is 0 Å². The number of ether oxygens (including phenoxy) is 1. The first-order chi connectivity index (χ1) is 13.6. The Morgan fingerprint density at radius 1 is 1.25 bits per heavy atom. The van der Waals surface area contributed by atoms with E-state index in [1.165, 1.54) is 0 Å². The zero-order valence-corrected chi connectivity index (χ0v) is 17.2. The van der Waals surface area contributed by atoms with Crippen LogP contribution in [0.3, 0.4) is 0 Å². The lowest BCUT2D eigenvalue weighted by Gasteiger charge is -2.16. The van der Waals surface area contributed by atoms with Crippen LogP contribution in [0.5, 0.6) is 5.75 Å². The summed E-state index contributed by atoms with van der Waals surface area (Å²) in [6.07, 6.45) is 5.83. The van der Waals surface area contributed by atoms with Gasteiger partial charge in [0.2, 0.25) is 5.91 Å². The lowest BCUT2D eigenvalue weighted by atomic mass is 9.98. The van der Waals surface area contributed by atoms with Gasteiger partial charge in [-0.1, -0.05) is 38.8 Å². The molecule has 1 N–H and O–H groups in total. The Hall–Kier alpha value is -2.82. The van der Waals surface area contributed by atoms with Gasteiger partial charge in [-0.2, -0.15) is 0 Å². The van der Waals surface area contributed by atoms with E-state index in [1.807, 2.05) is 53.9 Å². The van der Waals surface area contributed by atoms with Crippen molar-refractivity contribution in [3.8, 4) is 17.0 Å². The van der Waals surface area contributed by atoms with Gasteiger partial charge in [-0.05, 0) is 49.6 Å². The molecule has 1 amide bonds. The van der Waals surface area contributed by atoms with Gasteiger partial charge in [-0.3, -0.25) is 9.20 Å². The molecule has 0 aliphatic rings. The summed E-state index contributed by atoms with van der Waals surface area (Å²) < 4.78 is 7.48. The van der Waals surface area contributed by atoms with Gasteiger partial charge < -0.3 is 10.1 Å². The fourth-order valence-electron chi connectivity index (χ4n) is 3.48. The van der Waals surface area contributed by atoms with Crippen molar-refractivity contribution in [3.63, 3.8) is 0 Å². The normalized spacial score (nSPS) is 12.1. The molecule has 1 atom stereocenters. The standard InChI is InChI=1S/C23H29N3O2/c1-5-7-10-17(6-2)23(27)25-22-21(18-11-8-9-12-19(18)28-4)24-20-15-16(3)13-14-26(20)22/h8-9,11-15,17H,5-7,10H2,1-4H3,(H,25,27)/t17-/m1/s1. The maximum absolute atomic E-state index is 13.0. The van der Waals surface area contributed by atoms with Crippen molar-refractivity contribution in [3.05, 3.63) is 48.2 Å². The Morgan fingerprint density at radius 3 is 2.75 bits per heavy atom. The minimum absolute atomic E-state index is 0.00136. The second kappa shape index (κ2) is 8.91. The molecule has 3 rings (SSSR count). The molecule has 0 bridgehead atoms. The lowest BCUT2D eigenvalue weighted by molar-refractivity contribution is -0.120. The van der Waals surface area contributed by atoms with Crippen molar-refractivity contribution in [2.24, 2.45) is 5.92 Å². The fourth-order valence-corrected chi connectivity index (χ4v) is 3.48. The molecule has 28 heavy (non-hydrogen) atoms. The van der Waals surface area contributed by atoms with Gasteiger partial charge in [0.15, 0.2) is 0 Å². The Bertz CT molecular complexity index is 962. The number of benzene rings is 1. The van der Waals surface area contributed by atoms with E-state index in [-0.39, 0.29) is 11.8 Å². The number of nitrogens with one attached hydrogen (secondary N) is 1. The van der Waals surface area contributed by atoms with Crippen LogP contribution in [0.25, 0.3) is 16.9 Å². The first-order valence-corrected chi connectivity index (χ1v) is 10.0. The molecule has 0 aliphatic heterocycles. The van der Waals surface area contributed by atoms with Gasteiger partial charge in [-0.15, -0.1) is 0 Å². The Labute approximate surface area is 166 Å². The number of anilines is 1. The quantitative estimate of drug-likeness (QED) is 0.564. The van der Waals surface area contributed by atoms with Crippen LogP contribution in [0.4, 0.5) is 5.82 Å². The van der Waals surface area contributed by atoms with Crippen LogP contribution in [-0.4, -0.2) is 22.4 Å². The topological polar surface area (TPSA) is 55.6 Å². The Balaban J connectivity index is 2.08. The highest BCUT2D eigenvalue weighted by Gasteiger charge is 2.22. The number of methoxy groups -OCH3 is 1. The molecule has 148 valence electrons. The largest absolute Gasteiger partial charge is 0.496 e. The number of nitrogens with zero attached hydrogens (tertiary/aromatic N) is 2. The average Bonchev–Trinajstić information content (AvgIpc) is 3.05. The molecule has 5 heteroatoms. The van der Waals surface area contributed by atoms with Gasteiger partial charge in [0.05, 0.1) is 7.11 Å². The molecule has 5 nitrogen and oxygen atoms in total. The van der Waals surface area contributed by atoms with Crippen molar-refractivity contribution < 1.29 is 9.53 Å². The van der Waals surface area contributed by atoms with Gasteiger partial charge in [0.1, 0.15) is 22.9 Å². The number of carbonyl (C=O) groups excluding carboxylic acids is 1. The molecule has 2 heterocycles. The van der Waals surface area contributed by atoms with Crippen LogP contribution >= 0.6 is 0 Å². The molecule has 0 saturated heterocycles. The Kier molecular flexibility index (Phi) is 6.34. The maximum Gasteiger partial charge on any atom is 0.228 e. The second-order valence-corrected chi connectivity index (χ2v) is 7.18. The molecule has 1 aromatic carbocycles. The summed E-state index contributed by atoms with van der Waals surface area (Å²) >= 11 is 0. The zero-order chi connectivity index (χ0) is 20.1. The van der Waals surface area contributed by atoms with E-state index in [1.54, 1.807) is 7.11 Å². The van der Waals surface area contributed by atoms with Crippen LogP contribution in [-0.2, 0) is 4.79 Å². The van der Waals surface area contributed by atoms with Gasteiger partial charge >= 0.3 is 0 Å².